The third-order valence-electron chi connectivity index (χ3n) is 3.64. The van der Waals surface area contributed by atoms with Gasteiger partial charge in [-0.15, -0.1) is 0 Å². The number of aryl methyl sites for hydroxylation is 1. The Morgan fingerprint density at radius 3 is 2.58 bits per heavy atom. The van der Waals surface area contributed by atoms with Crippen LogP contribution in [0.1, 0.15) is 11.3 Å². The summed E-state index contributed by atoms with van der Waals surface area (Å²) in [6, 6.07) is 15.5. The summed E-state index contributed by atoms with van der Waals surface area (Å²) in [6.45, 7) is 1.96. The summed E-state index contributed by atoms with van der Waals surface area (Å²) in [5.74, 6) is 1.59. The fraction of sp³-hybridized carbons (Fsp3) is 0.158. The summed E-state index contributed by atoms with van der Waals surface area (Å²) in [5.41, 5.74) is 6.76. The van der Waals surface area contributed by atoms with Crippen LogP contribution < -0.4 is 14.9 Å². The van der Waals surface area contributed by atoms with Crippen molar-refractivity contribution >= 4 is 22.8 Å². The largest absolute Gasteiger partial charge is 0.497 e. The minimum atomic E-state index is 0.785. The zero-order valence-electron chi connectivity index (χ0n) is 13.9. The van der Waals surface area contributed by atoms with Gasteiger partial charge in [0.15, 0.2) is 0 Å². The highest BCUT2D eigenvalue weighted by Gasteiger charge is 2.05. The second-order valence-corrected chi connectivity index (χ2v) is 5.34. The van der Waals surface area contributed by atoms with E-state index in [1.807, 2.05) is 55.5 Å². The maximum absolute atomic E-state index is 5.30. The molecule has 3 rings (SSSR count). The monoisotopic (exact) mass is 321 g/mol. The highest BCUT2D eigenvalue weighted by Crippen LogP contribution is 2.27. The first-order valence-electron chi connectivity index (χ1n) is 7.58. The number of nitrogens with zero attached hydrogens (tertiary/aromatic N) is 2. The molecular formula is C19H19N3O2. The number of hydrazone groups is 1. The Bertz CT molecular complexity index is 891. The van der Waals surface area contributed by atoms with Crippen molar-refractivity contribution in [3.8, 4) is 11.5 Å². The number of hydrogen-bond acceptors (Lipinski definition) is 5. The Balaban J connectivity index is 1.89. The van der Waals surface area contributed by atoms with E-state index < -0.39 is 0 Å². The lowest BCUT2D eigenvalue weighted by Gasteiger charge is -2.09. The van der Waals surface area contributed by atoms with Crippen molar-refractivity contribution in [2.45, 2.75) is 6.92 Å². The number of pyridine rings is 1. The van der Waals surface area contributed by atoms with Crippen LogP contribution in [0.5, 0.6) is 11.5 Å². The first-order chi connectivity index (χ1) is 11.7. The first-order valence-corrected chi connectivity index (χ1v) is 7.58. The fourth-order valence-electron chi connectivity index (χ4n) is 2.45. The number of aromatic nitrogens is 1. The van der Waals surface area contributed by atoms with Gasteiger partial charge in [0.25, 0.3) is 0 Å². The van der Waals surface area contributed by atoms with Crippen LogP contribution in [0.2, 0.25) is 0 Å². The summed E-state index contributed by atoms with van der Waals surface area (Å²) in [7, 11) is 3.30. The lowest BCUT2D eigenvalue weighted by Crippen LogP contribution is -1.95. The van der Waals surface area contributed by atoms with Crippen LogP contribution in [0.3, 0.4) is 0 Å². The minimum Gasteiger partial charge on any atom is -0.497 e. The average molecular weight is 321 g/mol. The Labute approximate surface area is 140 Å². The van der Waals surface area contributed by atoms with Crippen molar-refractivity contribution in [1.82, 2.24) is 4.98 Å². The van der Waals surface area contributed by atoms with E-state index in [4.69, 9.17) is 9.47 Å². The normalized spacial score (nSPS) is 11.0. The minimum absolute atomic E-state index is 0.785. The summed E-state index contributed by atoms with van der Waals surface area (Å²) in [5, 5.41) is 5.30. The van der Waals surface area contributed by atoms with E-state index >= 15 is 0 Å². The number of rotatable bonds is 5. The number of fused-ring (bicyclic) bond motifs is 1. The van der Waals surface area contributed by atoms with E-state index in [9.17, 15) is 0 Å². The van der Waals surface area contributed by atoms with Gasteiger partial charge in [-0.2, -0.15) is 5.10 Å². The highest BCUT2D eigenvalue weighted by molar-refractivity contribution is 5.93. The van der Waals surface area contributed by atoms with Crippen molar-refractivity contribution in [1.29, 1.82) is 0 Å². The number of ether oxygens (including phenoxy) is 2. The van der Waals surface area contributed by atoms with Crippen molar-refractivity contribution in [3.05, 3.63) is 59.8 Å². The average Bonchev–Trinajstić information content (AvgIpc) is 2.61. The molecule has 0 saturated carbocycles. The van der Waals surface area contributed by atoms with Gasteiger partial charge in [-0.25, -0.2) is 0 Å². The molecule has 2 aromatic carbocycles. The van der Waals surface area contributed by atoms with E-state index in [0.29, 0.717) is 0 Å². The number of nitrogens with one attached hydrogen (secondary N) is 1. The van der Waals surface area contributed by atoms with E-state index in [-0.39, 0.29) is 0 Å². The SMILES string of the molecule is COc1cccc(/C=N\Nc2cc(C)nc3ccc(OC)cc23)c1. The smallest absolute Gasteiger partial charge is 0.119 e. The van der Waals surface area contributed by atoms with Crippen LogP contribution in [-0.2, 0) is 0 Å². The molecule has 0 aliphatic carbocycles. The van der Waals surface area contributed by atoms with Crippen LogP contribution >= 0.6 is 0 Å². The molecule has 5 nitrogen and oxygen atoms in total. The first kappa shape index (κ1) is 15.8. The Kier molecular flexibility index (Phi) is 4.61. The molecule has 3 aromatic rings. The van der Waals surface area contributed by atoms with Gasteiger partial charge in [-0.05, 0) is 48.9 Å². The molecule has 0 aliphatic rings. The van der Waals surface area contributed by atoms with Gasteiger partial charge in [0, 0.05) is 11.1 Å². The van der Waals surface area contributed by atoms with Crippen LogP contribution in [0, 0.1) is 6.92 Å². The van der Waals surface area contributed by atoms with Gasteiger partial charge in [0.1, 0.15) is 11.5 Å². The van der Waals surface area contributed by atoms with Crippen molar-refractivity contribution < 1.29 is 9.47 Å². The molecule has 24 heavy (non-hydrogen) atoms. The molecule has 0 unspecified atom stereocenters. The third kappa shape index (κ3) is 3.46. The molecule has 0 fully saturated rings. The van der Waals surface area contributed by atoms with Crippen LogP contribution in [-0.4, -0.2) is 25.4 Å². The van der Waals surface area contributed by atoms with Gasteiger partial charge in [0.05, 0.1) is 31.6 Å². The molecule has 0 bridgehead atoms. The van der Waals surface area contributed by atoms with Crippen LogP contribution in [0.25, 0.3) is 10.9 Å². The summed E-state index contributed by atoms with van der Waals surface area (Å²) >= 11 is 0. The fourth-order valence-corrected chi connectivity index (χ4v) is 2.45. The third-order valence-corrected chi connectivity index (χ3v) is 3.64. The number of hydrogen-bond donors (Lipinski definition) is 1. The number of anilines is 1. The van der Waals surface area contributed by atoms with E-state index in [0.717, 1.165) is 39.3 Å². The molecular weight excluding hydrogens is 302 g/mol. The van der Waals surface area contributed by atoms with Gasteiger partial charge in [-0.1, -0.05) is 12.1 Å². The summed E-state index contributed by atoms with van der Waals surface area (Å²) in [4.78, 5) is 4.54. The van der Waals surface area contributed by atoms with Gasteiger partial charge >= 0.3 is 0 Å². The molecule has 1 aromatic heterocycles. The molecule has 0 atom stereocenters. The molecule has 5 heteroatoms. The van der Waals surface area contributed by atoms with Crippen molar-refractivity contribution in [2.75, 3.05) is 19.6 Å². The Morgan fingerprint density at radius 1 is 1.00 bits per heavy atom. The van der Waals surface area contributed by atoms with Crippen LogP contribution in [0.15, 0.2) is 53.6 Å². The predicted octanol–water partition coefficient (Wildman–Crippen LogP) is 4.01. The van der Waals surface area contributed by atoms with Crippen molar-refractivity contribution in [3.63, 3.8) is 0 Å². The number of methoxy groups -OCH3 is 2. The Morgan fingerprint density at radius 2 is 1.79 bits per heavy atom. The maximum atomic E-state index is 5.30. The Hall–Kier alpha value is -3.08. The van der Waals surface area contributed by atoms with E-state index in [1.165, 1.54) is 0 Å². The second-order valence-electron chi connectivity index (χ2n) is 5.34. The molecule has 0 saturated heterocycles. The molecule has 0 radical (unpaired) electrons. The predicted molar refractivity (Wildman–Crippen MR) is 97.2 cm³/mol. The van der Waals surface area contributed by atoms with Crippen molar-refractivity contribution in [2.24, 2.45) is 5.10 Å². The van der Waals surface area contributed by atoms with Gasteiger partial charge in [0.2, 0.25) is 0 Å². The van der Waals surface area contributed by atoms with Crippen LogP contribution in [0.4, 0.5) is 5.69 Å². The van der Waals surface area contributed by atoms with E-state index in [1.54, 1.807) is 20.4 Å². The quantitative estimate of drug-likeness (QED) is 0.570. The summed E-state index contributed by atoms with van der Waals surface area (Å²) in [6.07, 6.45) is 1.75. The topological polar surface area (TPSA) is 55.7 Å². The van der Waals surface area contributed by atoms with E-state index in [2.05, 4.69) is 15.5 Å². The molecule has 0 amide bonds. The lowest BCUT2D eigenvalue weighted by atomic mass is 10.1. The molecule has 1 heterocycles. The van der Waals surface area contributed by atoms with Gasteiger partial charge in [-0.3, -0.25) is 10.4 Å². The lowest BCUT2D eigenvalue weighted by molar-refractivity contribution is 0.414. The second kappa shape index (κ2) is 7.00. The zero-order valence-corrected chi connectivity index (χ0v) is 13.9. The maximum Gasteiger partial charge on any atom is 0.119 e. The zero-order chi connectivity index (χ0) is 16.9. The molecule has 0 aliphatic heterocycles. The molecule has 0 spiro atoms. The number of benzene rings is 2. The standard InChI is InChI=1S/C19H19N3O2/c1-13-9-19(17-11-16(24-3)7-8-18(17)21-13)22-20-12-14-5-4-6-15(10-14)23-2/h4-12H,1-3H3,(H,21,22)/b20-12-. The van der Waals surface area contributed by atoms with Gasteiger partial charge < -0.3 is 9.47 Å². The molecule has 122 valence electrons. The summed E-state index contributed by atoms with van der Waals surface area (Å²) < 4.78 is 10.5. The molecule has 1 N–H and O–H groups in total. The highest BCUT2D eigenvalue weighted by atomic mass is 16.5.